The highest BCUT2D eigenvalue weighted by Crippen LogP contribution is 2.25. The van der Waals surface area contributed by atoms with Crippen LogP contribution in [0.4, 0.5) is 11.4 Å². The molecule has 0 atom stereocenters. The number of nitrogens with zero attached hydrogens (tertiary/aromatic N) is 1. The van der Waals surface area contributed by atoms with Crippen molar-refractivity contribution in [2.45, 2.75) is 20.3 Å². The normalized spacial score (nSPS) is 10.4. The van der Waals surface area contributed by atoms with Crippen molar-refractivity contribution >= 4 is 11.4 Å². The third-order valence-corrected chi connectivity index (χ3v) is 2.35. The molecule has 1 aromatic rings. The first-order chi connectivity index (χ1) is 8.02. The molecule has 0 aromatic heterocycles. The average Bonchev–Trinajstić information content (AvgIpc) is 2.28. The Hall–Kier alpha value is -1.78. The largest absolute Gasteiger partial charge is 0.493 e. The quantitative estimate of drug-likeness (QED) is 0.611. The second-order valence-electron chi connectivity index (χ2n) is 4.25. The summed E-state index contributed by atoms with van der Waals surface area (Å²) in [7, 11) is 1.72. The maximum atomic E-state index is 10.7. The molecule has 0 radical (unpaired) electrons. The van der Waals surface area contributed by atoms with Gasteiger partial charge in [-0.1, -0.05) is 13.8 Å². The van der Waals surface area contributed by atoms with Crippen molar-refractivity contribution in [2.75, 3.05) is 19.0 Å². The molecule has 0 saturated carbocycles. The van der Waals surface area contributed by atoms with Gasteiger partial charge in [0.1, 0.15) is 5.75 Å². The fraction of sp³-hybridized carbons (Fsp3) is 0.500. The van der Waals surface area contributed by atoms with Crippen LogP contribution in [0.3, 0.4) is 0 Å². The molecule has 0 aliphatic heterocycles. The molecular formula is C12H18N2O3. The van der Waals surface area contributed by atoms with Gasteiger partial charge in [-0.15, -0.1) is 0 Å². The number of hydrogen-bond acceptors (Lipinski definition) is 4. The number of nitro groups is 1. The SMILES string of the molecule is CNc1cc(OCCC(C)C)cc([N+](=O)[O-])c1. The number of ether oxygens (including phenoxy) is 1. The Bertz CT molecular complexity index is 391. The molecule has 0 aliphatic carbocycles. The van der Waals surface area contributed by atoms with Crippen LogP contribution in [0.25, 0.3) is 0 Å². The fourth-order valence-corrected chi connectivity index (χ4v) is 1.33. The summed E-state index contributed by atoms with van der Waals surface area (Å²) in [6.07, 6.45) is 0.928. The lowest BCUT2D eigenvalue weighted by atomic mass is 10.1. The predicted octanol–water partition coefficient (Wildman–Crippen LogP) is 3.06. The molecule has 0 spiro atoms. The summed E-state index contributed by atoms with van der Waals surface area (Å²) in [5.41, 5.74) is 0.718. The van der Waals surface area contributed by atoms with Crippen molar-refractivity contribution in [3.05, 3.63) is 28.3 Å². The number of anilines is 1. The zero-order chi connectivity index (χ0) is 12.8. The molecule has 0 fully saturated rings. The minimum absolute atomic E-state index is 0.0383. The van der Waals surface area contributed by atoms with E-state index in [0.29, 0.717) is 24.0 Å². The lowest BCUT2D eigenvalue weighted by molar-refractivity contribution is -0.384. The molecule has 1 rings (SSSR count). The van der Waals surface area contributed by atoms with E-state index in [4.69, 9.17) is 4.74 Å². The lowest BCUT2D eigenvalue weighted by Gasteiger charge is -2.09. The van der Waals surface area contributed by atoms with Crippen molar-refractivity contribution < 1.29 is 9.66 Å². The highest BCUT2D eigenvalue weighted by Gasteiger charge is 2.10. The van der Waals surface area contributed by atoms with Crippen molar-refractivity contribution in [3.63, 3.8) is 0 Å². The molecule has 0 saturated heterocycles. The Labute approximate surface area is 101 Å². The van der Waals surface area contributed by atoms with Crippen LogP contribution in [0.2, 0.25) is 0 Å². The summed E-state index contributed by atoms with van der Waals surface area (Å²) in [6.45, 7) is 4.79. The van der Waals surface area contributed by atoms with E-state index in [1.165, 1.54) is 12.1 Å². The molecule has 0 aliphatic rings. The summed E-state index contributed by atoms with van der Waals surface area (Å²) in [6, 6.07) is 4.68. The summed E-state index contributed by atoms with van der Waals surface area (Å²) in [5, 5.41) is 13.6. The van der Waals surface area contributed by atoms with Gasteiger partial charge >= 0.3 is 0 Å². The average molecular weight is 238 g/mol. The van der Waals surface area contributed by atoms with E-state index in [0.717, 1.165) is 6.42 Å². The fourth-order valence-electron chi connectivity index (χ4n) is 1.33. The first-order valence-corrected chi connectivity index (χ1v) is 5.63. The number of nitro benzene ring substituents is 1. The molecule has 0 amide bonds. The second-order valence-corrected chi connectivity index (χ2v) is 4.25. The highest BCUT2D eigenvalue weighted by molar-refractivity contribution is 5.55. The Balaban J connectivity index is 2.76. The molecule has 1 N–H and O–H groups in total. The van der Waals surface area contributed by atoms with Gasteiger partial charge in [-0.3, -0.25) is 10.1 Å². The van der Waals surface area contributed by atoms with Gasteiger partial charge in [0.25, 0.3) is 5.69 Å². The van der Waals surface area contributed by atoms with Crippen molar-refractivity contribution in [2.24, 2.45) is 5.92 Å². The third kappa shape index (κ3) is 4.30. The van der Waals surface area contributed by atoms with Crippen LogP contribution in [-0.4, -0.2) is 18.6 Å². The number of rotatable bonds is 6. The van der Waals surface area contributed by atoms with Gasteiger partial charge < -0.3 is 10.1 Å². The number of hydrogen-bond donors (Lipinski definition) is 1. The van der Waals surface area contributed by atoms with E-state index >= 15 is 0 Å². The second kappa shape index (κ2) is 6.08. The van der Waals surface area contributed by atoms with Gasteiger partial charge in [-0.05, 0) is 12.3 Å². The van der Waals surface area contributed by atoms with E-state index in [2.05, 4.69) is 19.2 Å². The van der Waals surface area contributed by atoms with E-state index < -0.39 is 4.92 Å². The Morgan fingerprint density at radius 3 is 2.65 bits per heavy atom. The van der Waals surface area contributed by atoms with Crippen LogP contribution in [0, 0.1) is 16.0 Å². The maximum absolute atomic E-state index is 10.7. The van der Waals surface area contributed by atoms with Crippen LogP contribution < -0.4 is 10.1 Å². The van der Waals surface area contributed by atoms with Crippen molar-refractivity contribution in [1.82, 2.24) is 0 Å². The maximum Gasteiger partial charge on any atom is 0.275 e. The van der Waals surface area contributed by atoms with Gasteiger partial charge in [0.2, 0.25) is 0 Å². The van der Waals surface area contributed by atoms with Gasteiger partial charge in [0.15, 0.2) is 0 Å². The Kier molecular flexibility index (Phi) is 4.75. The van der Waals surface area contributed by atoms with E-state index in [9.17, 15) is 10.1 Å². The van der Waals surface area contributed by atoms with Crippen LogP contribution in [0.1, 0.15) is 20.3 Å². The summed E-state index contributed by atoms with van der Waals surface area (Å²) in [4.78, 5) is 10.3. The minimum Gasteiger partial charge on any atom is -0.493 e. The molecule has 17 heavy (non-hydrogen) atoms. The first kappa shape index (κ1) is 13.3. The molecule has 5 heteroatoms. The number of non-ortho nitro benzene ring substituents is 1. The van der Waals surface area contributed by atoms with Crippen LogP contribution in [0.15, 0.2) is 18.2 Å². The van der Waals surface area contributed by atoms with Gasteiger partial charge in [0, 0.05) is 24.9 Å². The number of benzene rings is 1. The molecule has 94 valence electrons. The summed E-state index contributed by atoms with van der Waals surface area (Å²) < 4.78 is 5.51. The van der Waals surface area contributed by atoms with Crippen LogP contribution in [0.5, 0.6) is 5.75 Å². The van der Waals surface area contributed by atoms with Gasteiger partial charge in [-0.25, -0.2) is 0 Å². The molecule has 0 unspecified atom stereocenters. The Morgan fingerprint density at radius 2 is 2.12 bits per heavy atom. The van der Waals surface area contributed by atoms with Gasteiger partial charge in [-0.2, -0.15) is 0 Å². The van der Waals surface area contributed by atoms with Crippen LogP contribution in [-0.2, 0) is 0 Å². The van der Waals surface area contributed by atoms with E-state index in [-0.39, 0.29) is 5.69 Å². The van der Waals surface area contributed by atoms with E-state index in [1.54, 1.807) is 13.1 Å². The minimum atomic E-state index is -0.420. The van der Waals surface area contributed by atoms with Crippen LogP contribution >= 0.6 is 0 Å². The number of nitrogens with one attached hydrogen (secondary N) is 1. The molecule has 5 nitrogen and oxygen atoms in total. The standard InChI is InChI=1S/C12H18N2O3/c1-9(2)4-5-17-12-7-10(13-3)6-11(8-12)14(15)16/h6-9,13H,4-5H2,1-3H3. The van der Waals surface area contributed by atoms with Crippen molar-refractivity contribution in [1.29, 1.82) is 0 Å². The Morgan fingerprint density at radius 1 is 1.41 bits per heavy atom. The molecule has 1 aromatic carbocycles. The third-order valence-electron chi connectivity index (χ3n) is 2.35. The van der Waals surface area contributed by atoms with E-state index in [1.807, 2.05) is 0 Å². The zero-order valence-electron chi connectivity index (χ0n) is 10.4. The first-order valence-electron chi connectivity index (χ1n) is 5.63. The lowest BCUT2D eigenvalue weighted by Crippen LogP contribution is -2.02. The predicted molar refractivity (Wildman–Crippen MR) is 67.6 cm³/mol. The monoisotopic (exact) mass is 238 g/mol. The highest BCUT2D eigenvalue weighted by atomic mass is 16.6. The smallest absolute Gasteiger partial charge is 0.275 e. The molecule has 0 bridgehead atoms. The zero-order valence-corrected chi connectivity index (χ0v) is 10.4. The molecule has 0 heterocycles. The van der Waals surface area contributed by atoms with Gasteiger partial charge in [0.05, 0.1) is 17.6 Å². The summed E-state index contributed by atoms with van der Waals surface area (Å²) >= 11 is 0. The molecular weight excluding hydrogens is 220 g/mol. The van der Waals surface area contributed by atoms with Crippen molar-refractivity contribution in [3.8, 4) is 5.75 Å². The summed E-state index contributed by atoms with van der Waals surface area (Å²) in [5.74, 6) is 1.08. The topological polar surface area (TPSA) is 64.4 Å².